The van der Waals surface area contributed by atoms with Crippen LogP contribution in [-0.4, -0.2) is 19.8 Å². The van der Waals surface area contributed by atoms with Crippen LogP contribution in [0.25, 0.3) is 6.08 Å². The number of hydrogen-bond donors (Lipinski definition) is 1. The Morgan fingerprint density at radius 3 is 2.73 bits per heavy atom. The zero-order chi connectivity index (χ0) is 23.2. The van der Waals surface area contributed by atoms with Crippen molar-refractivity contribution in [2.75, 3.05) is 19.2 Å². The van der Waals surface area contributed by atoms with Crippen LogP contribution >= 0.6 is 0 Å². The van der Waals surface area contributed by atoms with Gasteiger partial charge in [-0.15, -0.1) is 0 Å². The van der Waals surface area contributed by atoms with Gasteiger partial charge in [-0.2, -0.15) is 5.26 Å². The molecule has 7 nitrogen and oxygen atoms in total. The minimum Gasteiger partial charge on any atom is -0.493 e. The van der Waals surface area contributed by atoms with E-state index in [1.54, 1.807) is 24.3 Å². The first kappa shape index (κ1) is 21.7. The fraction of sp³-hybridized carbons (Fsp3) is 0.120. The van der Waals surface area contributed by atoms with E-state index >= 15 is 0 Å². The second-order valence-corrected chi connectivity index (χ2v) is 6.99. The lowest BCUT2D eigenvalue weighted by Crippen LogP contribution is -2.14. The Morgan fingerprint density at radius 2 is 1.94 bits per heavy atom. The van der Waals surface area contributed by atoms with Gasteiger partial charge in [-0.3, -0.25) is 4.79 Å². The molecule has 1 N–H and O–H groups in total. The topological polar surface area (TPSA) is 89.8 Å². The van der Waals surface area contributed by atoms with Gasteiger partial charge in [-0.05, 0) is 53.6 Å². The molecule has 0 aliphatic carbocycles. The Balaban J connectivity index is 1.48. The lowest BCUT2D eigenvalue weighted by atomic mass is 10.1. The molecule has 1 aliphatic rings. The standard InChI is InChI=1S/C25H19FN2O5/c1-30-23-11-16(10-18(13-27)25(29)28-20-5-3-2-4-19(20)26)6-8-21(23)31-14-17-7-9-22-24(12-17)33-15-32-22/h2-12H,14-15H2,1H3,(H,28,29)/b18-10+. The third-order valence-corrected chi connectivity index (χ3v) is 4.82. The van der Waals surface area contributed by atoms with Crippen molar-refractivity contribution in [2.45, 2.75) is 6.61 Å². The Morgan fingerprint density at radius 1 is 1.12 bits per heavy atom. The number of para-hydroxylation sites is 1. The SMILES string of the molecule is COc1cc(/C=C(\C#N)C(=O)Nc2ccccc2F)ccc1OCc1ccc2c(c1)OCO2. The van der Waals surface area contributed by atoms with Crippen molar-refractivity contribution in [1.82, 2.24) is 0 Å². The van der Waals surface area contributed by atoms with Gasteiger partial charge in [-0.25, -0.2) is 4.39 Å². The lowest BCUT2D eigenvalue weighted by Gasteiger charge is -2.12. The number of halogens is 1. The second-order valence-electron chi connectivity index (χ2n) is 6.99. The van der Waals surface area contributed by atoms with Crippen molar-refractivity contribution in [3.63, 3.8) is 0 Å². The minimum absolute atomic E-state index is 0.00602. The molecule has 1 amide bonds. The van der Waals surface area contributed by atoms with Crippen LogP contribution < -0.4 is 24.3 Å². The number of nitriles is 1. The highest BCUT2D eigenvalue weighted by Crippen LogP contribution is 2.34. The zero-order valence-corrected chi connectivity index (χ0v) is 17.6. The van der Waals surface area contributed by atoms with Gasteiger partial charge in [0, 0.05) is 0 Å². The Hall–Kier alpha value is -4.51. The van der Waals surface area contributed by atoms with Crippen LogP contribution in [0.1, 0.15) is 11.1 Å². The summed E-state index contributed by atoms with van der Waals surface area (Å²) in [6, 6.07) is 18.1. The average Bonchev–Trinajstić information content (AvgIpc) is 3.30. The number of benzene rings is 3. The van der Waals surface area contributed by atoms with Gasteiger partial charge in [0.05, 0.1) is 12.8 Å². The lowest BCUT2D eigenvalue weighted by molar-refractivity contribution is -0.112. The summed E-state index contributed by atoms with van der Waals surface area (Å²) in [6.07, 6.45) is 1.39. The molecule has 0 unspecified atom stereocenters. The number of methoxy groups -OCH3 is 1. The number of carbonyl (C=O) groups excluding carboxylic acids is 1. The number of nitrogens with zero attached hydrogens (tertiary/aromatic N) is 1. The molecule has 0 atom stereocenters. The first-order valence-corrected chi connectivity index (χ1v) is 9.94. The van der Waals surface area contributed by atoms with E-state index in [2.05, 4.69) is 5.32 Å². The summed E-state index contributed by atoms with van der Waals surface area (Å²) in [5.41, 5.74) is 1.24. The van der Waals surface area contributed by atoms with E-state index < -0.39 is 11.7 Å². The van der Waals surface area contributed by atoms with Crippen molar-refractivity contribution < 1.29 is 28.1 Å². The molecule has 3 aromatic rings. The molecule has 0 saturated heterocycles. The van der Waals surface area contributed by atoms with Crippen molar-refractivity contribution in [2.24, 2.45) is 0 Å². The second kappa shape index (κ2) is 9.75. The summed E-state index contributed by atoms with van der Waals surface area (Å²) >= 11 is 0. The predicted octanol–water partition coefficient (Wildman–Crippen LogP) is 4.69. The molecule has 1 aliphatic heterocycles. The van der Waals surface area contributed by atoms with Gasteiger partial charge in [0.15, 0.2) is 23.0 Å². The van der Waals surface area contributed by atoms with Crippen LogP contribution in [-0.2, 0) is 11.4 Å². The third-order valence-electron chi connectivity index (χ3n) is 4.82. The number of nitrogens with one attached hydrogen (secondary N) is 1. The Labute approximate surface area is 189 Å². The summed E-state index contributed by atoms with van der Waals surface area (Å²) in [7, 11) is 1.49. The van der Waals surface area contributed by atoms with E-state index in [1.165, 1.54) is 31.4 Å². The minimum atomic E-state index is -0.718. The van der Waals surface area contributed by atoms with Crippen molar-refractivity contribution >= 4 is 17.7 Å². The molecule has 0 bridgehead atoms. The maximum atomic E-state index is 13.8. The molecule has 0 radical (unpaired) electrons. The van der Waals surface area contributed by atoms with Crippen LogP contribution in [0.15, 0.2) is 66.2 Å². The monoisotopic (exact) mass is 446 g/mol. The zero-order valence-electron chi connectivity index (χ0n) is 17.6. The molecule has 0 saturated carbocycles. The van der Waals surface area contributed by atoms with E-state index in [1.807, 2.05) is 24.3 Å². The number of amides is 1. The van der Waals surface area contributed by atoms with E-state index in [0.29, 0.717) is 28.6 Å². The van der Waals surface area contributed by atoms with Gasteiger partial charge >= 0.3 is 0 Å². The van der Waals surface area contributed by atoms with Crippen LogP contribution in [0.3, 0.4) is 0 Å². The molecular formula is C25H19FN2O5. The number of anilines is 1. The normalized spacial score (nSPS) is 12.1. The maximum Gasteiger partial charge on any atom is 0.266 e. The summed E-state index contributed by atoms with van der Waals surface area (Å²) in [4.78, 5) is 12.4. The largest absolute Gasteiger partial charge is 0.493 e. The van der Waals surface area contributed by atoms with Gasteiger partial charge in [0.2, 0.25) is 6.79 Å². The molecule has 166 valence electrons. The van der Waals surface area contributed by atoms with E-state index in [-0.39, 0.29) is 24.7 Å². The van der Waals surface area contributed by atoms with Crippen molar-refractivity contribution in [3.05, 3.63) is 83.2 Å². The summed E-state index contributed by atoms with van der Waals surface area (Å²) in [6.45, 7) is 0.474. The molecule has 0 fully saturated rings. The van der Waals surface area contributed by atoms with E-state index in [9.17, 15) is 14.4 Å². The van der Waals surface area contributed by atoms with Crippen LogP contribution in [0, 0.1) is 17.1 Å². The number of rotatable bonds is 7. The van der Waals surface area contributed by atoms with Gasteiger partial charge in [0.25, 0.3) is 5.91 Å². The quantitative estimate of drug-likeness (QED) is 0.418. The fourth-order valence-corrected chi connectivity index (χ4v) is 3.15. The van der Waals surface area contributed by atoms with Crippen molar-refractivity contribution in [3.8, 4) is 29.1 Å². The predicted molar refractivity (Wildman–Crippen MR) is 119 cm³/mol. The van der Waals surface area contributed by atoms with Crippen LogP contribution in [0.5, 0.6) is 23.0 Å². The molecule has 3 aromatic carbocycles. The van der Waals surface area contributed by atoms with Crippen LogP contribution in [0.4, 0.5) is 10.1 Å². The first-order chi connectivity index (χ1) is 16.1. The highest BCUT2D eigenvalue weighted by Gasteiger charge is 2.15. The average molecular weight is 446 g/mol. The summed E-state index contributed by atoms with van der Waals surface area (Å²) in [5, 5.41) is 11.8. The molecule has 0 spiro atoms. The Kier molecular flexibility index (Phi) is 6.41. The number of fused-ring (bicyclic) bond motifs is 1. The van der Waals surface area contributed by atoms with Gasteiger partial charge < -0.3 is 24.3 Å². The third kappa shape index (κ3) is 5.05. The first-order valence-electron chi connectivity index (χ1n) is 9.94. The fourth-order valence-electron chi connectivity index (χ4n) is 3.15. The molecule has 1 heterocycles. The number of ether oxygens (including phenoxy) is 4. The summed E-state index contributed by atoms with van der Waals surface area (Å²) < 4.78 is 35.7. The molecule has 0 aromatic heterocycles. The molecular weight excluding hydrogens is 427 g/mol. The number of carbonyl (C=O) groups is 1. The van der Waals surface area contributed by atoms with E-state index in [0.717, 1.165) is 5.56 Å². The Bertz CT molecular complexity index is 1270. The molecule has 8 heteroatoms. The number of hydrogen-bond acceptors (Lipinski definition) is 6. The van der Waals surface area contributed by atoms with Gasteiger partial charge in [-0.1, -0.05) is 24.3 Å². The van der Waals surface area contributed by atoms with E-state index in [4.69, 9.17) is 18.9 Å². The maximum absolute atomic E-state index is 13.8. The summed E-state index contributed by atoms with van der Waals surface area (Å²) in [5.74, 6) is 0.970. The smallest absolute Gasteiger partial charge is 0.266 e. The van der Waals surface area contributed by atoms with Gasteiger partial charge in [0.1, 0.15) is 24.1 Å². The van der Waals surface area contributed by atoms with Crippen LogP contribution in [0.2, 0.25) is 0 Å². The molecule has 4 rings (SSSR count). The van der Waals surface area contributed by atoms with Crippen molar-refractivity contribution in [1.29, 1.82) is 5.26 Å². The highest BCUT2D eigenvalue weighted by molar-refractivity contribution is 6.09. The molecule has 33 heavy (non-hydrogen) atoms. The highest BCUT2D eigenvalue weighted by atomic mass is 19.1.